The minimum atomic E-state index is -1.01. The quantitative estimate of drug-likeness (QED) is 0.802. The first-order chi connectivity index (χ1) is 10.1. The van der Waals surface area contributed by atoms with Crippen molar-refractivity contribution in [2.24, 2.45) is 0 Å². The number of nitrogens with zero attached hydrogens (tertiary/aromatic N) is 2. The highest BCUT2D eigenvalue weighted by atomic mass is 32.2. The number of aliphatic carboxylic acids is 1. The van der Waals surface area contributed by atoms with E-state index < -0.39 is 12.0 Å². The van der Waals surface area contributed by atoms with Crippen LogP contribution in [0.5, 0.6) is 0 Å². The molecule has 0 saturated heterocycles. The molecule has 1 amide bonds. The van der Waals surface area contributed by atoms with E-state index in [4.69, 9.17) is 5.11 Å². The number of rotatable bonds is 7. The molecule has 1 unspecified atom stereocenters. The number of thioether (sulfide) groups is 1. The van der Waals surface area contributed by atoms with Crippen LogP contribution in [0.15, 0.2) is 12.3 Å². The first kappa shape index (κ1) is 15.9. The number of hydrogen-bond donors (Lipinski definition) is 2. The van der Waals surface area contributed by atoms with Gasteiger partial charge in [-0.2, -0.15) is 16.9 Å². The monoisotopic (exact) mass is 311 g/mol. The Hall–Kier alpha value is -1.50. The van der Waals surface area contributed by atoms with Crippen molar-refractivity contribution in [2.45, 2.75) is 50.4 Å². The second kappa shape index (κ2) is 7.49. The lowest BCUT2D eigenvalue weighted by atomic mass is 10.3. The largest absolute Gasteiger partial charge is 0.480 e. The summed E-state index contributed by atoms with van der Waals surface area (Å²) in [5.41, 5.74) is 0.957. The van der Waals surface area contributed by atoms with Gasteiger partial charge in [-0.1, -0.05) is 12.8 Å². The highest BCUT2D eigenvalue weighted by Gasteiger charge is 2.19. The summed E-state index contributed by atoms with van der Waals surface area (Å²) in [4.78, 5) is 22.0. The van der Waals surface area contributed by atoms with Gasteiger partial charge in [0.15, 0.2) is 0 Å². The van der Waals surface area contributed by atoms with E-state index in [1.54, 1.807) is 0 Å². The molecule has 2 rings (SSSR count). The van der Waals surface area contributed by atoms with Gasteiger partial charge >= 0.3 is 5.97 Å². The smallest absolute Gasteiger partial charge is 0.327 e. The van der Waals surface area contributed by atoms with Crippen LogP contribution >= 0.6 is 11.8 Å². The number of amides is 1. The number of carboxylic acid groups (broad SMARTS) is 1. The van der Waals surface area contributed by atoms with Crippen LogP contribution in [-0.4, -0.2) is 38.6 Å². The molecule has 1 atom stereocenters. The van der Waals surface area contributed by atoms with E-state index in [2.05, 4.69) is 10.4 Å². The molecule has 0 spiro atoms. The Morgan fingerprint density at radius 1 is 1.52 bits per heavy atom. The minimum Gasteiger partial charge on any atom is -0.480 e. The van der Waals surface area contributed by atoms with Gasteiger partial charge in [-0.05, 0) is 18.9 Å². The summed E-state index contributed by atoms with van der Waals surface area (Å²) >= 11 is 1.47. The second-order valence-corrected chi connectivity index (χ2v) is 6.36. The lowest BCUT2D eigenvalue weighted by Crippen LogP contribution is -2.41. The average Bonchev–Trinajstić information content (AvgIpc) is 3.07. The van der Waals surface area contributed by atoms with Gasteiger partial charge in [0.25, 0.3) is 0 Å². The van der Waals surface area contributed by atoms with E-state index >= 15 is 0 Å². The minimum absolute atomic E-state index is 0.325. The molecular formula is C14H21N3O3S. The van der Waals surface area contributed by atoms with Crippen molar-refractivity contribution < 1.29 is 14.7 Å². The Kier molecular flexibility index (Phi) is 5.67. The number of carbonyl (C=O) groups is 2. The van der Waals surface area contributed by atoms with Crippen LogP contribution in [0.3, 0.4) is 0 Å². The van der Waals surface area contributed by atoms with Gasteiger partial charge < -0.3 is 10.4 Å². The Morgan fingerprint density at radius 2 is 2.24 bits per heavy atom. The molecule has 1 heterocycles. The molecule has 1 fully saturated rings. The topological polar surface area (TPSA) is 84.2 Å². The van der Waals surface area contributed by atoms with E-state index in [1.807, 2.05) is 16.9 Å². The molecule has 2 N–H and O–H groups in total. The maximum absolute atomic E-state index is 11.0. The van der Waals surface area contributed by atoms with Crippen LogP contribution in [-0.2, 0) is 15.3 Å². The first-order valence-corrected chi connectivity index (χ1v) is 8.33. The van der Waals surface area contributed by atoms with E-state index in [-0.39, 0.29) is 5.91 Å². The number of nitrogens with one attached hydrogen (secondary N) is 1. The summed E-state index contributed by atoms with van der Waals surface area (Å²) in [7, 11) is 0. The summed E-state index contributed by atoms with van der Waals surface area (Å²) in [5.74, 6) is -0.337. The van der Waals surface area contributed by atoms with E-state index in [1.165, 1.54) is 44.4 Å². The van der Waals surface area contributed by atoms with Gasteiger partial charge in [0, 0.05) is 24.6 Å². The van der Waals surface area contributed by atoms with Gasteiger partial charge in [0.05, 0.1) is 11.7 Å². The van der Waals surface area contributed by atoms with Gasteiger partial charge in [-0.3, -0.25) is 9.48 Å². The van der Waals surface area contributed by atoms with Crippen molar-refractivity contribution in [1.29, 1.82) is 0 Å². The molecule has 7 heteroatoms. The van der Waals surface area contributed by atoms with Gasteiger partial charge in [0.2, 0.25) is 5.91 Å². The van der Waals surface area contributed by atoms with Crippen molar-refractivity contribution in [2.75, 3.05) is 5.75 Å². The zero-order valence-corrected chi connectivity index (χ0v) is 12.9. The number of carbonyl (C=O) groups excluding carboxylic acids is 1. The zero-order chi connectivity index (χ0) is 15.2. The maximum atomic E-state index is 11.0. The van der Waals surface area contributed by atoms with Crippen molar-refractivity contribution >= 4 is 23.6 Å². The molecule has 1 aliphatic carbocycles. The summed E-state index contributed by atoms with van der Waals surface area (Å²) in [6.07, 6.45) is 6.93. The third-order valence-electron chi connectivity index (χ3n) is 3.57. The molecule has 0 radical (unpaired) electrons. The molecule has 116 valence electrons. The van der Waals surface area contributed by atoms with Gasteiger partial charge in [0.1, 0.15) is 6.04 Å². The van der Waals surface area contributed by atoms with Gasteiger partial charge in [-0.25, -0.2) is 4.79 Å². The Bertz CT molecular complexity index is 497. The van der Waals surface area contributed by atoms with Crippen molar-refractivity contribution in [3.05, 3.63) is 18.0 Å². The molecule has 1 saturated carbocycles. The number of aromatic nitrogens is 2. The van der Waals surface area contributed by atoms with Crippen LogP contribution in [0, 0.1) is 0 Å². The normalized spacial score (nSPS) is 16.8. The van der Waals surface area contributed by atoms with Crippen LogP contribution in [0.1, 0.15) is 44.3 Å². The van der Waals surface area contributed by atoms with Crippen LogP contribution < -0.4 is 5.32 Å². The SMILES string of the molecule is CC(=O)NC(CSCc1ccn(C2CCCC2)n1)C(=O)O. The molecule has 0 aliphatic heterocycles. The fraction of sp³-hybridized carbons (Fsp3) is 0.643. The van der Waals surface area contributed by atoms with Crippen molar-refractivity contribution in [1.82, 2.24) is 15.1 Å². The van der Waals surface area contributed by atoms with Crippen molar-refractivity contribution in [3.63, 3.8) is 0 Å². The number of hydrogen-bond acceptors (Lipinski definition) is 4. The predicted molar refractivity (Wildman–Crippen MR) is 81.1 cm³/mol. The zero-order valence-electron chi connectivity index (χ0n) is 12.1. The molecule has 0 bridgehead atoms. The van der Waals surface area contributed by atoms with Crippen LogP contribution in [0.25, 0.3) is 0 Å². The molecule has 6 nitrogen and oxygen atoms in total. The molecule has 0 aromatic carbocycles. The van der Waals surface area contributed by atoms with Crippen molar-refractivity contribution in [3.8, 4) is 0 Å². The standard InChI is InChI=1S/C14H21N3O3S/c1-10(18)15-13(14(19)20)9-21-8-11-6-7-17(16-11)12-4-2-3-5-12/h6-7,12-13H,2-5,8-9H2,1H3,(H,15,18)(H,19,20). The lowest BCUT2D eigenvalue weighted by molar-refractivity contribution is -0.140. The Labute approximate surface area is 128 Å². The highest BCUT2D eigenvalue weighted by Crippen LogP contribution is 2.29. The molecule has 1 aromatic rings. The Morgan fingerprint density at radius 3 is 2.86 bits per heavy atom. The van der Waals surface area contributed by atoms with Gasteiger partial charge in [-0.15, -0.1) is 0 Å². The summed E-state index contributed by atoms with van der Waals surface area (Å²) in [6, 6.07) is 1.67. The van der Waals surface area contributed by atoms with Crippen LogP contribution in [0.4, 0.5) is 0 Å². The fourth-order valence-electron chi connectivity index (χ4n) is 2.53. The molecule has 21 heavy (non-hydrogen) atoms. The number of carboxylic acids is 1. The predicted octanol–water partition coefficient (Wildman–Crippen LogP) is 1.82. The molecular weight excluding hydrogens is 290 g/mol. The summed E-state index contributed by atoms with van der Waals surface area (Å²) < 4.78 is 2.03. The maximum Gasteiger partial charge on any atom is 0.327 e. The van der Waals surface area contributed by atoms with Crippen LogP contribution in [0.2, 0.25) is 0 Å². The molecule has 1 aliphatic rings. The average molecular weight is 311 g/mol. The highest BCUT2D eigenvalue weighted by molar-refractivity contribution is 7.98. The third kappa shape index (κ3) is 4.77. The fourth-order valence-corrected chi connectivity index (χ4v) is 3.47. The van der Waals surface area contributed by atoms with E-state index in [0.29, 0.717) is 17.5 Å². The second-order valence-electron chi connectivity index (χ2n) is 5.33. The first-order valence-electron chi connectivity index (χ1n) is 7.18. The third-order valence-corrected chi connectivity index (χ3v) is 4.64. The Balaban J connectivity index is 1.79. The summed E-state index contributed by atoms with van der Waals surface area (Å²) in [5, 5.41) is 16.0. The van der Waals surface area contributed by atoms with E-state index in [0.717, 1.165) is 5.69 Å². The molecule has 1 aromatic heterocycles. The lowest BCUT2D eigenvalue weighted by Gasteiger charge is -2.12. The van der Waals surface area contributed by atoms with E-state index in [9.17, 15) is 9.59 Å². The summed E-state index contributed by atoms with van der Waals surface area (Å²) in [6.45, 7) is 1.32.